The Morgan fingerprint density at radius 1 is 1.13 bits per heavy atom. The molecule has 164 valence electrons. The molecule has 6 nitrogen and oxygen atoms in total. The van der Waals surface area contributed by atoms with Crippen LogP contribution in [0.2, 0.25) is 0 Å². The summed E-state index contributed by atoms with van der Waals surface area (Å²) in [6.45, 7) is 5.17. The van der Waals surface area contributed by atoms with Crippen LogP contribution in [0.3, 0.4) is 0 Å². The van der Waals surface area contributed by atoms with Gasteiger partial charge >= 0.3 is 0 Å². The predicted molar refractivity (Wildman–Crippen MR) is 134 cm³/mol. The van der Waals surface area contributed by atoms with Gasteiger partial charge in [0.15, 0.2) is 0 Å². The number of carbonyl (C=O) groups is 1. The fraction of sp³-hybridized carbons (Fsp3) is 0.364. The average molecular weight is 448 g/mol. The zero-order valence-electron chi connectivity index (χ0n) is 18.4. The number of amides is 1. The molecule has 2 rings (SSSR count). The van der Waals surface area contributed by atoms with E-state index >= 15 is 0 Å². The third-order valence-electron chi connectivity index (χ3n) is 4.31. The van der Waals surface area contributed by atoms with Crippen molar-refractivity contribution >= 4 is 40.0 Å². The Hall–Kier alpha value is -2.00. The van der Waals surface area contributed by atoms with E-state index in [-0.39, 0.29) is 0 Å². The second-order valence-electron chi connectivity index (χ2n) is 6.87. The second-order valence-corrected chi connectivity index (χ2v) is 8.88. The Morgan fingerprint density at radius 3 is 2.30 bits per heavy atom. The number of hydrogen-bond donors (Lipinski definition) is 2. The lowest BCUT2D eigenvalue weighted by Crippen LogP contribution is -2.26. The Morgan fingerprint density at radius 2 is 1.77 bits per heavy atom. The van der Waals surface area contributed by atoms with Gasteiger partial charge < -0.3 is 5.01 Å². The normalized spacial score (nSPS) is 11.9. The van der Waals surface area contributed by atoms with Crippen LogP contribution in [0, 0.1) is 6.92 Å². The van der Waals surface area contributed by atoms with Gasteiger partial charge in [-0.3, -0.25) is 14.8 Å². The molecule has 0 aromatic heterocycles. The molecular weight excluding hydrogens is 414 g/mol. The molecule has 0 heterocycles. The number of carbonyl (C=O) groups excluding carboxylic acids is 1. The molecule has 1 unspecified atom stereocenters. The molecule has 1 amide bonds. The Kier molecular flexibility index (Phi) is 12.2. The van der Waals surface area contributed by atoms with Gasteiger partial charge in [-0.15, -0.1) is 11.8 Å². The van der Waals surface area contributed by atoms with E-state index in [4.69, 9.17) is 16.7 Å². The first-order valence-electron chi connectivity index (χ1n) is 9.56. The summed E-state index contributed by atoms with van der Waals surface area (Å²) in [5.74, 6) is 12.0. The first-order valence-corrected chi connectivity index (χ1v) is 11.8. The van der Waals surface area contributed by atoms with E-state index in [0.717, 1.165) is 27.4 Å². The number of aryl methyl sites for hydroxylation is 1. The largest absolute Gasteiger partial charge is 0.314 e. The first kappa shape index (κ1) is 26.0. The van der Waals surface area contributed by atoms with Gasteiger partial charge in [0, 0.05) is 32.3 Å². The van der Waals surface area contributed by atoms with Crippen molar-refractivity contribution in [1.82, 2.24) is 5.01 Å². The van der Waals surface area contributed by atoms with Crippen LogP contribution in [0.25, 0.3) is 0 Å². The molecule has 0 radical (unpaired) electrons. The summed E-state index contributed by atoms with van der Waals surface area (Å²) < 4.78 is 1.12. The highest BCUT2D eigenvalue weighted by molar-refractivity contribution is 8.38. The number of rotatable bonds is 7. The second kappa shape index (κ2) is 14.1. The van der Waals surface area contributed by atoms with Crippen LogP contribution in [0.1, 0.15) is 29.5 Å². The third kappa shape index (κ3) is 9.21. The summed E-state index contributed by atoms with van der Waals surface area (Å²) in [5, 5.41) is 2.64. The van der Waals surface area contributed by atoms with Crippen molar-refractivity contribution in [2.45, 2.75) is 25.5 Å². The number of nitrogens with two attached hydrogens (primary N) is 2. The lowest BCUT2D eigenvalue weighted by atomic mass is 10.0. The lowest BCUT2D eigenvalue weighted by molar-refractivity contribution is -0.117. The van der Waals surface area contributed by atoms with Crippen LogP contribution in [0.15, 0.2) is 53.5 Å². The third-order valence-corrected chi connectivity index (χ3v) is 6.45. The van der Waals surface area contributed by atoms with Gasteiger partial charge in [-0.1, -0.05) is 61.2 Å². The van der Waals surface area contributed by atoms with E-state index in [1.807, 2.05) is 13.1 Å². The van der Waals surface area contributed by atoms with Gasteiger partial charge in [0.2, 0.25) is 6.41 Å². The number of hydrogen-bond acceptors (Lipinski definition) is 7. The van der Waals surface area contributed by atoms with Crippen molar-refractivity contribution in [3.05, 3.63) is 65.2 Å². The van der Waals surface area contributed by atoms with E-state index in [1.165, 1.54) is 23.7 Å². The average Bonchev–Trinajstić information content (AvgIpc) is 2.75. The number of nitrogens with zero attached hydrogens (tertiary/aromatic N) is 3. The summed E-state index contributed by atoms with van der Waals surface area (Å²) in [6, 6.07) is 16.8. The quantitative estimate of drug-likeness (QED) is 0.166. The molecule has 0 aliphatic heterocycles. The number of thioether (sulfide) groups is 2. The van der Waals surface area contributed by atoms with Crippen LogP contribution in [-0.4, -0.2) is 42.7 Å². The molecule has 2 aromatic carbocycles. The summed E-state index contributed by atoms with van der Waals surface area (Å²) in [6.07, 6.45) is 2.62. The van der Waals surface area contributed by atoms with Gasteiger partial charge in [-0.05, 0) is 35.9 Å². The maximum absolute atomic E-state index is 9.31. The zero-order valence-corrected chi connectivity index (χ0v) is 20.0. The molecule has 0 spiro atoms. The molecule has 2 aromatic rings. The molecule has 0 bridgehead atoms. The number of hydrazine groups is 2. The minimum absolute atomic E-state index is 0.424. The Bertz CT molecular complexity index is 797. The maximum Gasteiger partial charge on any atom is 0.223 e. The SMILES string of the molecule is CN(N)C=O.CSC(=NCC(C)c1ccccc1)SCc1c(C)cccc1N(C)N. The van der Waals surface area contributed by atoms with Gasteiger partial charge in [0.25, 0.3) is 0 Å². The fourth-order valence-electron chi connectivity index (χ4n) is 2.61. The fourth-order valence-corrected chi connectivity index (χ4v) is 4.27. The predicted octanol–water partition coefficient (Wildman–Crippen LogP) is 4.01. The standard InChI is InChI=1S/C20H27N3S2.C2H6N2O/c1-15-9-8-12-19(23(3)21)18(15)14-25-20(24-4)22-13-16(2)17-10-6-5-7-11-17;1-4(3)2-5/h5-12,16H,13-14,21H2,1-4H3;2H,3H2,1H3. The summed E-state index contributed by atoms with van der Waals surface area (Å²) in [5.41, 5.74) is 4.95. The molecule has 0 saturated heterocycles. The van der Waals surface area contributed by atoms with Crippen LogP contribution < -0.4 is 16.7 Å². The van der Waals surface area contributed by atoms with Gasteiger partial charge in [0.05, 0.1) is 5.69 Å². The van der Waals surface area contributed by atoms with Crippen molar-refractivity contribution in [1.29, 1.82) is 0 Å². The van der Waals surface area contributed by atoms with Crippen molar-refractivity contribution in [2.24, 2.45) is 16.7 Å². The minimum Gasteiger partial charge on any atom is -0.314 e. The molecule has 4 N–H and O–H groups in total. The number of aliphatic imine (C=N–C) groups is 1. The van der Waals surface area contributed by atoms with E-state index in [2.05, 4.69) is 62.6 Å². The van der Waals surface area contributed by atoms with Crippen molar-refractivity contribution < 1.29 is 4.79 Å². The molecule has 8 heteroatoms. The molecule has 30 heavy (non-hydrogen) atoms. The monoisotopic (exact) mass is 447 g/mol. The van der Waals surface area contributed by atoms with Crippen molar-refractivity contribution in [3.63, 3.8) is 0 Å². The highest BCUT2D eigenvalue weighted by Gasteiger charge is 2.10. The minimum atomic E-state index is 0.424. The smallest absolute Gasteiger partial charge is 0.223 e. The molecule has 1 atom stereocenters. The maximum atomic E-state index is 9.31. The first-order chi connectivity index (χ1) is 14.3. The Balaban J connectivity index is 0.000000804. The van der Waals surface area contributed by atoms with E-state index in [9.17, 15) is 4.79 Å². The number of anilines is 1. The van der Waals surface area contributed by atoms with Crippen molar-refractivity contribution in [2.75, 3.05) is 31.9 Å². The van der Waals surface area contributed by atoms with Crippen LogP contribution in [0.5, 0.6) is 0 Å². The molecule has 0 fully saturated rings. The van der Waals surface area contributed by atoms with E-state index in [1.54, 1.807) is 28.5 Å². The van der Waals surface area contributed by atoms with Crippen LogP contribution in [0.4, 0.5) is 5.69 Å². The lowest BCUT2D eigenvalue weighted by Gasteiger charge is -2.19. The highest BCUT2D eigenvalue weighted by atomic mass is 32.2. The molecule has 0 saturated carbocycles. The molecule has 0 aliphatic carbocycles. The summed E-state index contributed by atoms with van der Waals surface area (Å²) >= 11 is 3.50. The van der Waals surface area contributed by atoms with Crippen LogP contribution in [-0.2, 0) is 10.5 Å². The molecule has 0 aliphatic rings. The topological polar surface area (TPSA) is 88.0 Å². The zero-order chi connectivity index (χ0) is 22.5. The number of benzene rings is 2. The molecular formula is C22H33N5OS2. The van der Waals surface area contributed by atoms with E-state index < -0.39 is 0 Å². The Labute approximate surface area is 189 Å². The summed E-state index contributed by atoms with van der Waals surface area (Å²) in [7, 11) is 3.35. The van der Waals surface area contributed by atoms with Crippen LogP contribution >= 0.6 is 23.5 Å². The van der Waals surface area contributed by atoms with Gasteiger partial charge in [0.1, 0.15) is 4.38 Å². The van der Waals surface area contributed by atoms with Crippen molar-refractivity contribution in [3.8, 4) is 0 Å². The summed E-state index contributed by atoms with van der Waals surface area (Å²) in [4.78, 5) is 14.1. The van der Waals surface area contributed by atoms with Gasteiger partial charge in [-0.25, -0.2) is 11.7 Å². The highest BCUT2D eigenvalue weighted by Crippen LogP contribution is 2.29. The van der Waals surface area contributed by atoms with E-state index in [0.29, 0.717) is 12.3 Å². The van der Waals surface area contributed by atoms with Gasteiger partial charge in [-0.2, -0.15) is 0 Å².